The zero-order valence-electron chi connectivity index (χ0n) is 11.9. The Morgan fingerprint density at radius 1 is 1.53 bits per heavy atom. The maximum Gasteiger partial charge on any atom is 0.228 e. The molecule has 0 spiro atoms. The van der Waals surface area contributed by atoms with E-state index in [0.717, 1.165) is 18.9 Å². The van der Waals surface area contributed by atoms with Gasteiger partial charge in [-0.05, 0) is 25.2 Å². The topological polar surface area (TPSA) is 64.3 Å². The molecule has 1 aliphatic rings. The molecule has 0 bridgehead atoms. The molecule has 2 rings (SSSR count). The first-order valence-corrected chi connectivity index (χ1v) is 7.18. The fourth-order valence-electron chi connectivity index (χ4n) is 2.61. The fourth-order valence-corrected chi connectivity index (χ4v) is 2.61. The van der Waals surface area contributed by atoms with E-state index in [2.05, 4.69) is 28.7 Å². The molecule has 5 nitrogen and oxygen atoms in total. The first kappa shape index (κ1) is 14.1. The predicted octanol–water partition coefficient (Wildman–Crippen LogP) is 1.83. The van der Waals surface area contributed by atoms with E-state index in [1.807, 2.05) is 6.07 Å². The molecule has 2 heterocycles. The summed E-state index contributed by atoms with van der Waals surface area (Å²) in [5.74, 6) is 1.99. The van der Waals surface area contributed by atoms with Gasteiger partial charge in [-0.25, -0.2) is 4.98 Å². The van der Waals surface area contributed by atoms with Crippen molar-refractivity contribution in [3.05, 3.63) is 12.3 Å². The molecule has 0 aromatic carbocycles. The molecule has 19 heavy (non-hydrogen) atoms. The van der Waals surface area contributed by atoms with E-state index < -0.39 is 0 Å². The molecule has 0 aliphatic carbocycles. The Morgan fingerprint density at radius 3 is 3.11 bits per heavy atom. The molecule has 106 valence electrons. The van der Waals surface area contributed by atoms with E-state index in [0.29, 0.717) is 31.0 Å². The number of anilines is 1. The Hall–Kier alpha value is -1.36. The second kappa shape index (κ2) is 6.70. The van der Waals surface area contributed by atoms with Gasteiger partial charge in [0.25, 0.3) is 0 Å². The van der Waals surface area contributed by atoms with Crippen molar-refractivity contribution in [3.8, 4) is 5.88 Å². The van der Waals surface area contributed by atoms with Crippen molar-refractivity contribution in [2.24, 2.45) is 11.7 Å². The van der Waals surface area contributed by atoms with Gasteiger partial charge in [-0.1, -0.05) is 13.8 Å². The third-order valence-electron chi connectivity index (χ3n) is 3.69. The SMILES string of the molecule is CCCOc1ccnc(N2CCCC(C)C2CN)n1. The van der Waals surface area contributed by atoms with Crippen LogP contribution in [0.4, 0.5) is 5.95 Å². The monoisotopic (exact) mass is 264 g/mol. The molecule has 2 N–H and O–H groups in total. The zero-order valence-corrected chi connectivity index (χ0v) is 11.9. The van der Waals surface area contributed by atoms with Crippen LogP contribution in [0.5, 0.6) is 5.88 Å². The van der Waals surface area contributed by atoms with Crippen LogP contribution in [0.25, 0.3) is 0 Å². The molecule has 0 radical (unpaired) electrons. The lowest BCUT2D eigenvalue weighted by atomic mass is 9.91. The van der Waals surface area contributed by atoms with Crippen LogP contribution in [0, 0.1) is 5.92 Å². The highest BCUT2D eigenvalue weighted by atomic mass is 16.5. The third kappa shape index (κ3) is 3.35. The normalized spacial score (nSPS) is 23.4. The summed E-state index contributed by atoms with van der Waals surface area (Å²) >= 11 is 0. The maximum absolute atomic E-state index is 5.91. The molecule has 1 fully saturated rings. The van der Waals surface area contributed by atoms with E-state index in [4.69, 9.17) is 10.5 Å². The minimum Gasteiger partial charge on any atom is -0.478 e. The zero-order chi connectivity index (χ0) is 13.7. The molecule has 0 amide bonds. The molecular weight excluding hydrogens is 240 g/mol. The number of ether oxygens (including phenoxy) is 1. The van der Waals surface area contributed by atoms with E-state index in [9.17, 15) is 0 Å². The highest BCUT2D eigenvalue weighted by molar-refractivity contribution is 5.35. The number of aromatic nitrogens is 2. The van der Waals surface area contributed by atoms with Gasteiger partial charge < -0.3 is 15.4 Å². The minimum atomic E-state index is 0.329. The Balaban J connectivity index is 2.15. The quantitative estimate of drug-likeness (QED) is 0.879. The summed E-state index contributed by atoms with van der Waals surface area (Å²) in [5.41, 5.74) is 5.91. The van der Waals surface area contributed by atoms with Crippen molar-refractivity contribution >= 4 is 5.95 Å². The summed E-state index contributed by atoms with van der Waals surface area (Å²) < 4.78 is 5.57. The maximum atomic E-state index is 5.91. The van der Waals surface area contributed by atoms with Gasteiger partial charge in [-0.2, -0.15) is 4.98 Å². The summed E-state index contributed by atoms with van der Waals surface area (Å²) in [6.07, 6.45) is 5.14. The molecule has 1 aliphatic heterocycles. The van der Waals surface area contributed by atoms with E-state index in [1.165, 1.54) is 12.8 Å². The van der Waals surface area contributed by atoms with Gasteiger partial charge in [0.15, 0.2) is 0 Å². The summed E-state index contributed by atoms with van der Waals surface area (Å²) in [7, 11) is 0. The Bertz CT molecular complexity index is 399. The average Bonchev–Trinajstić information content (AvgIpc) is 2.45. The average molecular weight is 264 g/mol. The van der Waals surface area contributed by atoms with Crippen molar-refractivity contribution in [3.63, 3.8) is 0 Å². The van der Waals surface area contributed by atoms with Crippen LogP contribution in [0.1, 0.15) is 33.1 Å². The van der Waals surface area contributed by atoms with Crippen LogP contribution in [0.15, 0.2) is 12.3 Å². The van der Waals surface area contributed by atoms with Gasteiger partial charge in [0.05, 0.1) is 6.61 Å². The number of hydrogen-bond acceptors (Lipinski definition) is 5. The lowest BCUT2D eigenvalue weighted by Gasteiger charge is -2.39. The van der Waals surface area contributed by atoms with Crippen molar-refractivity contribution in [2.75, 3.05) is 24.6 Å². The van der Waals surface area contributed by atoms with E-state index >= 15 is 0 Å². The fraction of sp³-hybridized carbons (Fsp3) is 0.714. The van der Waals surface area contributed by atoms with Crippen LogP contribution in [-0.2, 0) is 0 Å². The Morgan fingerprint density at radius 2 is 2.37 bits per heavy atom. The van der Waals surface area contributed by atoms with Gasteiger partial charge in [-0.15, -0.1) is 0 Å². The Labute approximate surface area is 115 Å². The van der Waals surface area contributed by atoms with Gasteiger partial charge in [0.1, 0.15) is 0 Å². The Kier molecular flexibility index (Phi) is 4.96. The van der Waals surface area contributed by atoms with Gasteiger partial charge in [0, 0.05) is 31.4 Å². The number of nitrogens with zero attached hydrogens (tertiary/aromatic N) is 3. The van der Waals surface area contributed by atoms with Crippen LogP contribution in [-0.4, -0.2) is 35.7 Å². The van der Waals surface area contributed by atoms with Crippen molar-refractivity contribution < 1.29 is 4.74 Å². The van der Waals surface area contributed by atoms with Crippen molar-refractivity contribution in [1.82, 2.24) is 9.97 Å². The van der Waals surface area contributed by atoms with Gasteiger partial charge in [0.2, 0.25) is 11.8 Å². The van der Waals surface area contributed by atoms with Gasteiger partial charge in [-0.3, -0.25) is 0 Å². The summed E-state index contributed by atoms with van der Waals surface area (Å²) in [4.78, 5) is 11.1. The third-order valence-corrected chi connectivity index (χ3v) is 3.69. The first-order chi connectivity index (χ1) is 9.26. The molecular formula is C14H24N4O. The first-order valence-electron chi connectivity index (χ1n) is 7.18. The van der Waals surface area contributed by atoms with Crippen LogP contribution < -0.4 is 15.4 Å². The number of nitrogens with two attached hydrogens (primary N) is 1. The number of rotatable bonds is 5. The highest BCUT2D eigenvalue weighted by Gasteiger charge is 2.29. The lowest BCUT2D eigenvalue weighted by molar-refractivity contribution is 0.302. The second-order valence-electron chi connectivity index (χ2n) is 5.16. The summed E-state index contributed by atoms with van der Waals surface area (Å²) in [5, 5.41) is 0. The molecule has 0 saturated carbocycles. The van der Waals surface area contributed by atoms with Gasteiger partial charge >= 0.3 is 0 Å². The molecule has 2 unspecified atom stereocenters. The van der Waals surface area contributed by atoms with Crippen LogP contribution in [0.3, 0.4) is 0 Å². The van der Waals surface area contributed by atoms with Crippen molar-refractivity contribution in [1.29, 1.82) is 0 Å². The lowest BCUT2D eigenvalue weighted by Crippen LogP contribution is -2.49. The van der Waals surface area contributed by atoms with Crippen LogP contribution in [0.2, 0.25) is 0 Å². The summed E-state index contributed by atoms with van der Waals surface area (Å²) in [6.45, 7) is 6.64. The van der Waals surface area contributed by atoms with E-state index in [-0.39, 0.29) is 0 Å². The molecule has 1 aromatic heterocycles. The number of hydrogen-bond donors (Lipinski definition) is 1. The second-order valence-corrected chi connectivity index (χ2v) is 5.16. The van der Waals surface area contributed by atoms with Crippen LogP contribution >= 0.6 is 0 Å². The summed E-state index contributed by atoms with van der Waals surface area (Å²) in [6, 6.07) is 2.14. The number of piperidine rings is 1. The smallest absolute Gasteiger partial charge is 0.228 e. The standard InChI is InChI=1S/C14H24N4O/c1-3-9-19-13-6-7-16-14(17-13)18-8-4-5-11(2)12(18)10-15/h6-7,11-12H,3-5,8-10,15H2,1-2H3. The molecule has 5 heteroatoms. The molecule has 1 aromatic rings. The largest absolute Gasteiger partial charge is 0.478 e. The highest BCUT2D eigenvalue weighted by Crippen LogP contribution is 2.26. The predicted molar refractivity (Wildman–Crippen MR) is 76.4 cm³/mol. The molecule has 2 atom stereocenters. The minimum absolute atomic E-state index is 0.329. The van der Waals surface area contributed by atoms with Crippen molar-refractivity contribution in [2.45, 2.75) is 39.2 Å². The molecule has 1 saturated heterocycles. The van der Waals surface area contributed by atoms with E-state index in [1.54, 1.807) is 6.20 Å².